The fourth-order valence-electron chi connectivity index (χ4n) is 1.83. The van der Waals surface area contributed by atoms with E-state index in [4.69, 9.17) is 0 Å². The average molecular weight is 269 g/mol. The lowest BCUT2D eigenvalue weighted by molar-refractivity contribution is 0.333. The van der Waals surface area contributed by atoms with Gasteiger partial charge in [0.25, 0.3) is 0 Å². The molecule has 0 amide bonds. The van der Waals surface area contributed by atoms with Crippen LogP contribution >= 0.6 is 0 Å². The van der Waals surface area contributed by atoms with Crippen LogP contribution in [0.25, 0.3) is 0 Å². The SMILES string of the molecule is CC(C)CN(CC(C)C)S(=O)(=O)c1ccccc1. The Kier molecular flexibility index (Phi) is 5.35. The molecular formula is C14H23NO2S. The third-order valence-electron chi connectivity index (χ3n) is 2.52. The molecule has 0 saturated heterocycles. The fraction of sp³-hybridized carbons (Fsp3) is 0.571. The van der Waals surface area contributed by atoms with Crippen molar-refractivity contribution in [1.29, 1.82) is 0 Å². The molecule has 0 radical (unpaired) electrons. The van der Waals surface area contributed by atoms with E-state index in [0.717, 1.165) is 0 Å². The molecule has 1 aromatic rings. The highest BCUT2D eigenvalue weighted by Crippen LogP contribution is 2.18. The predicted octanol–water partition coefficient (Wildman–Crippen LogP) is 2.99. The van der Waals surface area contributed by atoms with Gasteiger partial charge in [-0.05, 0) is 24.0 Å². The van der Waals surface area contributed by atoms with Gasteiger partial charge < -0.3 is 0 Å². The Balaban J connectivity index is 3.03. The number of hydrogen-bond donors (Lipinski definition) is 0. The first-order valence-electron chi connectivity index (χ1n) is 6.39. The van der Waals surface area contributed by atoms with Crippen molar-refractivity contribution in [2.24, 2.45) is 11.8 Å². The van der Waals surface area contributed by atoms with Gasteiger partial charge in [-0.2, -0.15) is 4.31 Å². The Morgan fingerprint density at radius 2 is 1.39 bits per heavy atom. The van der Waals surface area contributed by atoms with Crippen LogP contribution in [0, 0.1) is 11.8 Å². The van der Waals surface area contributed by atoms with Crippen molar-refractivity contribution >= 4 is 10.0 Å². The highest BCUT2D eigenvalue weighted by Gasteiger charge is 2.25. The van der Waals surface area contributed by atoms with E-state index in [1.54, 1.807) is 28.6 Å². The molecule has 0 aliphatic rings. The number of rotatable bonds is 6. The van der Waals surface area contributed by atoms with Crippen molar-refractivity contribution in [3.05, 3.63) is 30.3 Å². The summed E-state index contributed by atoms with van der Waals surface area (Å²) in [5.41, 5.74) is 0. The summed E-state index contributed by atoms with van der Waals surface area (Å²) in [6.45, 7) is 9.27. The summed E-state index contributed by atoms with van der Waals surface area (Å²) in [6.07, 6.45) is 0. The first-order chi connectivity index (χ1) is 8.34. The Morgan fingerprint density at radius 1 is 0.944 bits per heavy atom. The second-order valence-electron chi connectivity index (χ2n) is 5.42. The maximum atomic E-state index is 12.5. The van der Waals surface area contributed by atoms with Gasteiger partial charge in [0.1, 0.15) is 0 Å². The molecule has 102 valence electrons. The minimum Gasteiger partial charge on any atom is -0.207 e. The lowest BCUT2D eigenvalue weighted by Gasteiger charge is -2.25. The summed E-state index contributed by atoms with van der Waals surface area (Å²) in [5, 5.41) is 0. The van der Waals surface area contributed by atoms with Gasteiger partial charge in [0.05, 0.1) is 4.90 Å². The molecule has 0 fully saturated rings. The molecule has 3 nitrogen and oxygen atoms in total. The molecule has 4 heteroatoms. The molecule has 0 unspecified atom stereocenters. The van der Waals surface area contributed by atoms with E-state index in [-0.39, 0.29) is 0 Å². The molecule has 0 heterocycles. The van der Waals surface area contributed by atoms with Crippen LogP contribution in [0.15, 0.2) is 35.2 Å². The quantitative estimate of drug-likeness (QED) is 0.796. The molecular weight excluding hydrogens is 246 g/mol. The van der Waals surface area contributed by atoms with Crippen LogP contribution in [0.3, 0.4) is 0 Å². The monoisotopic (exact) mass is 269 g/mol. The minimum absolute atomic E-state index is 0.322. The Bertz CT molecular complexity index is 442. The molecule has 1 aromatic carbocycles. The van der Waals surface area contributed by atoms with Crippen LogP contribution in [0.5, 0.6) is 0 Å². The molecule has 0 aromatic heterocycles. The zero-order chi connectivity index (χ0) is 13.8. The molecule has 18 heavy (non-hydrogen) atoms. The number of nitrogens with zero attached hydrogens (tertiary/aromatic N) is 1. The maximum absolute atomic E-state index is 12.5. The van der Waals surface area contributed by atoms with Crippen LogP contribution in [0.4, 0.5) is 0 Å². The van der Waals surface area contributed by atoms with Crippen LogP contribution in [0.2, 0.25) is 0 Å². The molecule has 0 spiro atoms. The molecule has 0 atom stereocenters. The van der Waals surface area contributed by atoms with E-state index >= 15 is 0 Å². The lowest BCUT2D eigenvalue weighted by Crippen LogP contribution is -2.36. The predicted molar refractivity (Wildman–Crippen MR) is 74.9 cm³/mol. The normalized spacial score (nSPS) is 12.6. The van der Waals surface area contributed by atoms with Crippen molar-refractivity contribution in [1.82, 2.24) is 4.31 Å². The first kappa shape index (κ1) is 15.2. The van der Waals surface area contributed by atoms with E-state index in [9.17, 15) is 8.42 Å². The second kappa shape index (κ2) is 6.34. The third kappa shape index (κ3) is 4.10. The van der Waals surface area contributed by atoms with Crippen LogP contribution < -0.4 is 0 Å². The first-order valence-corrected chi connectivity index (χ1v) is 7.83. The summed E-state index contributed by atoms with van der Waals surface area (Å²) in [5.74, 6) is 0.643. The van der Waals surface area contributed by atoms with Crippen molar-refractivity contribution < 1.29 is 8.42 Å². The van der Waals surface area contributed by atoms with Crippen LogP contribution in [-0.4, -0.2) is 25.8 Å². The van der Waals surface area contributed by atoms with Crippen molar-refractivity contribution in [2.75, 3.05) is 13.1 Å². The minimum atomic E-state index is -3.36. The number of sulfonamides is 1. The van der Waals surface area contributed by atoms with E-state index in [1.165, 1.54) is 0 Å². The highest BCUT2D eigenvalue weighted by molar-refractivity contribution is 7.89. The van der Waals surface area contributed by atoms with Gasteiger partial charge in [-0.3, -0.25) is 0 Å². The second-order valence-corrected chi connectivity index (χ2v) is 7.36. The molecule has 0 aliphatic carbocycles. The average Bonchev–Trinajstić information content (AvgIpc) is 2.28. The standard InChI is InChI=1S/C14H23NO2S/c1-12(2)10-15(11-13(3)4)18(16,17)14-8-6-5-7-9-14/h5-9,12-13H,10-11H2,1-4H3. The third-order valence-corrected chi connectivity index (χ3v) is 4.36. The van der Waals surface area contributed by atoms with Gasteiger partial charge in [0.2, 0.25) is 10.0 Å². The maximum Gasteiger partial charge on any atom is 0.243 e. The Labute approximate surface area is 111 Å². The van der Waals surface area contributed by atoms with Gasteiger partial charge in [-0.1, -0.05) is 45.9 Å². The smallest absolute Gasteiger partial charge is 0.207 e. The molecule has 0 saturated carbocycles. The summed E-state index contributed by atoms with van der Waals surface area (Å²) < 4.78 is 26.7. The van der Waals surface area contributed by atoms with Crippen LogP contribution in [-0.2, 0) is 10.0 Å². The fourth-order valence-corrected chi connectivity index (χ4v) is 3.61. The Morgan fingerprint density at radius 3 is 1.78 bits per heavy atom. The summed E-state index contributed by atoms with van der Waals surface area (Å²) in [6, 6.07) is 8.66. The number of hydrogen-bond acceptors (Lipinski definition) is 2. The summed E-state index contributed by atoms with van der Waals surface area (Å²) in [7, 11) is -3.36. The van der Waals surface area contributed by atoms with Crippen molar-refractivity contribution in [2.45, 2.75) is 32.6 Å². The highest BCUT2D eigenvalue weighted by atomic mass is 32.2. The van der Waals surface area contributed by atoms with E-state index < -0.39 is 10.0 Å². The summed E-state index contributed by atoms with van der Waals surface area (Å²) >= 11 is 0. The lowest BCUT2D eigenvalue weighted by atomic mass is 10.2. The van der Waals surface area contributed by atoms with Gasteiger partial charge in [-0.15, -0.1) is 0 Å². The zero-order valence-electron chi connectivity index (χ0n) is 11.6. The van der Waals surface area contributed by atoms with Crippen molar-refractivity contribution in [3.8, 4) is 0 Å². The Hall–Kier alpha value is -0.870. The zero-order valence-corrected chi connectivity index (χ0v) is 12.4. The van der Waals surface area contributed by atoms with Gasteiger partial charge in [0.15, 0.2) is 0 Å². The summed E-state index contributed by atoms with van der Waals surface area (Å²) in [4.78, 5) is 0.381. The van der Waals surface area contributed by atoms with Gasteiger partial charge >= 0.3 is 0 Å². The molecule has 0 N–H and O–H groups in total. The largest absolute Gasteiger partial charge is 0.243 e. The van der Waals surface area contributed by atoms with Gasteiger partial charge in [0, 0.05) is 13.1 Å². The molecule has 0 aliphatic heterocycles. The topological polar surface area (TPSA) is 37.4 Å². The molecule has 1 rings (SSSR count). The van der Waals surface area contributed by atoms with E-state index in [0.29, 0.717) is 29.8 Å². The van der Waals surface area contributed by atoms with Gasteiger partial charge in [-0.25, -0.2) is 8.42 Å². The number of benzene rings is 1. The van der Waals surface area contributed by atoms with E-state index in [2.05, 4.69) is 0 Å². The molecule has 0 bridgehead atoms. The van der Waals surface area contributed by atoms with Crippen molar-refractivity contribution in [3.63, 3.8) is 0 Å². The van der Waals surface area contributed by atoms with E-state index in [1.807, 2.05) is 33.8 Å². The van der Waals surface area contributed by atoms with Crippen LogP contribution in [0.1, 0.15) is 27.7 Å².